The van der Waals surface area contributed by atoms with E-state index in [4.69, 9.17) is 9.47 Å². The Morgan fingerprint density at radius 1 is 1.23 bits per heavy atom. The number of aliphatic hydroxyl groups is 1. The van der Waals surface area contributed by atoms with E-state index in [1.165, 1.54) is 11.8 Å². The highest BCUT2D eigenvalue weighted by molar-refractivity contribution is 7.99. The number of carbonyl (C=O) groups excluding carboxylic acids is 2. The summed E-state index contributed by atoms with van der Waals surface area (Å²) in [6.07, 6.45) is 9.74. The number of Topliss-reactive ketones (excluding diaryl/α,β-unsaturated/α-hetero) is 1. The summed E-state index contributed by atoms with van der Waals surface area (Å²) in [7, 11) is -3.65. The SMILES string of the molecule is CCCCNS(=O)(=O)c1ccc2nc(SCC(=O)[C@@]34O[C@H](CCC)O[C@@H]3CC3C5CCC6=CC(=O)C=CC6(C)C5C(O)CC34C)[nH]c2c1. The molecule has 0 amide bonds. The van der Waals surface area contributed by atoms with Crippen molar-refractivity contribution in [1.29, 1.82) is 0 Å². The summed E-state index contributed by atoms with van der Waals surface area (Å²) in [6, 6.07) is 4.80. The second-order valence-electron chi connectivity index (χ2n) is 14.8. The molecule has 0 radical (unpaired) electrons. The van der Waals surface area contributed by atoms with Crippen LogP contribution in [0.3, 0.4) is 0 Å². The fourth-order valence-corrected chi connectivity index (χ4v) is 11.8. The minimum absolute atomic E-state index is 0.00613. The maximum atomic E-state index is 14.7. The molecular formula is C36H47N3O7S2. The smallest absolute Gasteiger partial charge is 0.240 e. The van der Waals surface area contributed by atoms with E-state index >= 15 is 0 Å². The number of thioether (sulfide) groups is 1. The standard InChI is InChI=1S/C36H47N3O7S2/c1-5-7-15-37-48(43,44)23-10-12-26-27(17-23)39-33(38-26)47-20-29(42)36-30(45-31(46-36)8-6-2)18-25-24-11-9-21-16-22(40)13-14-34(21,3)32(24)28(41)19-35(25,36)4/h10,12-14,16-17,24-25,28,30-32,37,41H,5-9,11,15,18-20H2,1-4H3,(H,38,39)/t24?,25?,28?,30-,31-,32?,34?,35?,36-/m1/s1. The van der Waals surface area contributed by atoms with Crippen molar-refractivity contribution in [2.24, 2.45) is 28.6 Å². The maximum absolute atomic E-state index is 14.7. The van der Waals surface area contributed by atoms with E-state index in [2.05, 4.69) is 35.5 Å². The number of hydrogen-bond donors (Lipinski definition) is 3. The Morgan fingerprint density at radius 3 is 2.81 bits per heavy atom. The van der Waals surface area contributed by atoms with E-state index in [-0.39, 0.29) is 40.0 Å². The zero-order chi connectivity index (χ0) is 34.1. The van der Waals surface area contributed by atoms with Gasteiger partial charge in [-0.05, 0) is 80.7 Å². The summed E-state index contributed by atoms with van der Waals surface area (Å²) in [5.41, 5.74) is 0.0350. The molecule has 2 aromatic rings. The molecule has 1 aliphatic heterocycles. The number of nitrogens with one attached hydrogen (secondary N) is 2. The number of sulfonamides is 1. The van der Waals surface area contributed by atoms with Crippen molar-refractivity contribution in [3.8, 4) is 0 Å². The Labute approximate surface area is 286 Å². The fourth-order valence-electron chi connectivity index (χ4n) is 9.91. The van der Waals surface area contributed by atoms with Gasteiger partial charge in [0.25, 0.3) is 0 Å². The molecule has 0 bridgehead atoms. The van der Waals surface area contributed by atoms with Gasteiger partial charge in [0, 0.05) is 23.3 Å². The first-order chi connectivity index (χ1) is 22.9. The molecule has 9 atom stereocenters. The van der Waals surface area contributed by atoms with Crippen molar-refractivity contribution in [2.75, 3.05) is 12.3 Å². The third-order valence-corrected chi connectivity index (χ3v) is 14.5. The molecule has 0 spiro atoms. The summed E-state index contributed by atoms with van der Waals surface area (Å²) < 4.78 is 41.6. The molecule has 10 nitrogen and oxygen atoms in total. The lowest BCUT2D eigenvalue weighted by molar-refractivity contribution is -0.197. The van der Waals surface area contributed by atoms with Crippen LogP contribution in [0.1, 0.15) is 79.1 Å². The lowest BCUT2D eigenvalue weighted by Crippen LogP contribution is -2.63. The van der Waals surface area contributed by atoms with E-state index in [1.54, 1.807) is 30.4 Å². The second-order valence-corrected chi connectivity index (χ2v) is 17.6. The van der Waals surface area contributed by atoms with Gasteiger partial charge in [-0.1, -0.05) is 63.9 Å². The molecule has 1 aromatic heterocycles. The predicted molar refractivity (Wildman–Crippen MR) is 183 cm³/mol. The van der Waals surface area contributed by atoms with Crippen LogP contribution in [-0.4, -0.2) is 71.5 Å². The number of imidazole rings is 1. The molecule has 6 unspecified atom stereocenters. The van der Waals surface area contributed by atoms with Gasteiger partial charge in [-0.15, -0.1) is 0 Å². The van der Waals surface area contributed by atoms with Gasteiger partial charge in [-0.2, -0.15) is 0 Å². The van der Waals surface area contributed by atoms with Crippen LogP contribution in [0.25, 0.3) is 11.0 Å². The fraction of sp³-hybridized carbons (Fsp3) is 0.639. The van der Waals surface area contributed by atoms with Crippen LogP contribution in [-0.2, 0) is 29.1 Å². The van der Waals surface area contributed by atoms with E-state index in [1.807, 2.05) is 13.0 Å². The predicted octanol–water partition coefficient (Wildman–Crippen LogP) is 5.47. The van der Waals surface area contributed by atoms with Gasteiger partial charge < -0.3 is 19.6 Å². The van der Waals surface area contributed by atoms with Gasteiger partial charge in [-0.3, -0.25) is 9.59 Å². The van der Waals surface area contributed by atoms with Crippen molar-refractivity contribution in [3.63, 3.8) is 0 Å². The number of aromatic amines is 1. The van der Waals surface area contributed by atoms with Crippen molar-refractivity contribution in [1.82, 2.24) is 14.7 Å². The first-order valence-electron chi connectivity index (χ1n) is 17.5. The highest BCUT2D eigenvalue weighted by atomic mass is 32.2. The lowest BCUT2D eigenvalue weighted by atomic mass is 9.46. The average Bonchev–Trinajstić information content (AvgIpc) is 3.69. The molecular weight excluding hydrogens is 651 g/mol. The quantitative estimate of drug-likeness (QED) is 0.205. The number of aromatic nitrogens is 2. The van der Waals surface area contributed by atoms with Gasteiger partial charge in [0.1, 0.15) is 0 Å². The Balaban J connectivity index is 1.15. The first-order valence-corrected chi connectivity index (χ1v) is 19.9. The minimum atomic E-state index is -3.65. The van der Waals surface area contributed by atoms with E-state index < -0.39 is 45.0 Å². The average molecular weight is 698 g/mol. The molecule has 7 rings (SSSR count). The molecule has 3 saturated carbocycles. The lowest BCUT2D eigenvalue weighted by Gasteiger charge is -2.59. The van der Waals surface area contributed by atoms with Gasteiger partial charge in [0.2, 0.25) is 10.0 Å². The molecule has 1 aromatic carbocycles. The van der Waals surface area contributed by atoms with Crippen molar-refractivity contribution in [3.05, 3.63) is 42.0 Å². The van der Waals surface area contributed by atoms with Gasteiger partial charge >= 0.3 is 0 Å². The topological polar surface area (TPSA) is 148 Å². The zero-order valence-corrected chi connectivity index (χ0v) is 29.8. The van der Waals surface area contributed by atoms with Crippen LogP contribution in [0, 0.1) is 28.6 Å². The maximum Gasteiger partial charge on any atom is 0.240 e. The summed E-state index contributed by atoms with van der Waals surface area (Å²) in [6.45, 7) is 8.73. The van der Waals surface area contributed by atoms with Crippen molar-refractivity contribution < 1.29 is 32.6 Å². The number of ketones is 2. The number of benzene rings is 1. The Morgan fingerprint density at radius 2 is 2.04 bits per heavy atom. The summed E-state index contributed by atoms with van der Waals surface area (Å²) in [5, 5.41) is 12.5. The number of allylic oxidation sites excluding steroid dienone is 4. The number of nitrogens with zero attached hydrogens (tertiary/aromatic N) is 1. The number of carbonyl (C=O) groups is 2. The number of rotatable bonds is 11. The van der Waals surface area contributed by atoms with E-state index in [0.717, 1.165) is 37.7 Å². The first kappa shape index (κ1) is 34.1. The highest BCUT2D eigenvalue weighted by Crippen LogP contribution is 2.69. The molecule has 48 heavy (non-hydrogen) atoms. The summed E-state index contributed by atoms with van der Waals surface area (Å²) in [5.74, 6) is 0.223. The number of aliphatic hydroxyl groups excluding tert-OH is 1. The monoisotopic (exact) mass is 697 g/mol. The molecule has 1 saturated heterocycles. The van der Waals surface area contributed by atoms with E-state index in [0.29, 0.717) is 42.0 Å². The van der Waals surface area contributed by atoms with Gasteiger partial charge in [0.05, 0.1) is 33.9 Å². The van der Waals surface area contributed by atoms with Crippen LogP contribution in [0.4, 0.5) is 0 Å². The number of unbranched alkanes of at least 4 members (excludes halogenated alkanes) is 1. The third-order valence-electron chi connectivity index (χ3n) is 12.1. The Bertz CT molecular complexity index is 1790. The number of hydrogen-bond acceptors (Lipinski definition) is 9. The molecule has 4 aliphatic carbocycles. The normalized spacial score (nSPS) is 37.2. The highest BCUT2D eigenvalue weighted by Gasteiger charge is 2.75. The third kappa shape index (κ3) is 5.28. The molecule has 3 N–H and O–H groups in total. The summed E-state index contributed by atoms with van der Waals surface area (Å²) >= 11 is 1.28. The Kier molecular flexibility index (Phi) is 8.85. The largest absolute Gasteiger partial charge is 0.393 e. The minimum Gasteiger partial charge on any atom is -0.393 e. The summed E-state index contributed by atoms with van der Waals surface area (Å²) in [4.78, 5) is 34.9. The van der Waals surface area contributed by atoms with Crippen LogP contribution in [0.2, 0.25) is 0 Å². The van der Waals surface area contributed by atoms with Gasteiger partial charge in [0.15, 0.2) is 28.6 Å². The van der Waals surface area contributed by atoms with Crippen LogP contribution in [0.15, 0.2) is 52.1 Å². The molecule has 12 heteroatoms. The zero-order valence-electron chi connectivity index (χ0n) is 28.2. The van der Waals surface area contributed by atoms with Crippen LogP contribution < -0.4 is 4.72 Å². The van der Waals surface area contributed by atoms with Crippen molar-refractivity contribution in [2.45, 2.75) is 113 Å². The molecule has 4 fully saturated rings. The van der Waals surface area contributed by atoms with Gasteiger partial charge in [-0.25, -0.2) is 18.1 Å². The number of H-pyrrole nitrogens is 1. The number of ether oxygens (including phenoxy) is 2. The van der Waals surface area contributed by atoms with Crippen LogP contribution >= 0.6 is 11.8 Å². The van der Waals surface area contributed by atoms with E-state index in [9.17, 15) is 23.1 Å². The second kappa shape index (κ2) is 12.5. The van der Waals surface area contributed by atoms with Crippen LogP contribution in [0.5, 0.6) is 0 Å². The number of fused-ring (bicyclic) bond motifs is 8. The van der Waals surface area contributed by atoms with Crippen molar-refractivity contribution >= 4 is 44.4 Å². The molecule has 260 valence electrons. The molecule has 2 heterocycles. The molecule has 5 aliphatic rings. The Hall–Kier alpha value is -2.35.